The Labute approximate surface area is 104 Å². The van der Waals surface area contributed by atoms with Crippen LogP contribution < -0.4 is 0 Å². The molecule has 1 rings (SSSR count). The predicted octanol–water partition coefficient (Wildman–Crippen LogP) is -0.370. The van der Waals surface area contributed by atoms with Crippen molar-refractivity contribution in [2.75, 3.05) is 19.6 Å². The molecule has 1 fully saturated rings. The number of nitrogens with zero attached hydrogens (tertiary/aromatic N) is 1. The SMILES string of the molecule is O=C1CCN(CCC(O)(O[P+](=O)O)O[P+](=O)O)C1. The molecule has 1 aliphatic rings. The summed E-state index contributed by atoms with van der Waals surface area (Å²) in [7, 11) is -6.40. The largest absolute Gasteiger partial charge is 0.700 e. The average molecular weight is 301 g/mol. The van der Waals surface area contributed by atoms with Gasteiger partial charge < -0.3 is 5.11 Å². The summed E-state index contributed by atoms with van der Waals surface area (Å²) in [6, 6.07) is 0. The monoisotopic (exact) mass is 301 g/mol. The fourth-order valence-electron chi connectivity index (χ4n) is 1.53. The molecule has 102 valence electrons. The van der Waals surface area contributed by atoms with Gasteiger partial charge in [0.05, 0.1) is 13.0 Å². The predicted molar refractivity (Wildman–Crippen MR) is 57.5 cm³/mol. The van der Waals surface area contributed by atoms with Crippen molar-refractivity contribution in [2.24, 2.45) is 0 Å². The van der Waals surface area contributed by atoms with Gasteiger partial charge in [-0.25, -0.2) is 0 Å². The minimum absolute atomic E-state index is 0.0434. The van der Waals surface area contributed by atoms with Crippen LogP contribution in [0.5, 0.6) is 0 Å². The zero-order chi connectivity index (χ0) is 13.8. The van der Waals surface area contributed by atoms with Crippen LogP contribution in [0, 0.1) is 0 Å². The summed E-state index contributed by atoms with van der Waals surface area (Å²) in [6.45, 7) is 0.812. The first-order valence-electron chi connectivity index (χ1n) is 4.98. The highest BCUT2D eigenvalue weighted by atomic mass is 31.1. The second kappa shape index (κ2) is 6.70. The van der Waals surface area contributed by atoms with Crippen molar-refractivity contribution in [3.05, 3.63) is 0 Å². The Kier molecular flexibility index (Phi) is 5.84. The Morgan fingerprint density at radius 3 is 2.22 bits per heavy atom. The summed E-state index contributed by atoms with van der Waals surface area (Å²) in [4.78, 5) is 29.7. The lowest BCUT2D eigenvalue weighted by Crippen LogP contribution is -2.36. The number of likely N-dealkylation sites (tertiary alicyclic amines) is 1. The number of ketones is 1. The minimum Gasteiger partial charge on any atom is -0.337 e. The van der Waals surface area contributed by atoms with Crippen molar-refractivity contribution in [2.45, 2.75) is 18.8 Å². The summed E-state index contributed by atoms with van der Waals surface area (Å²) < 4.78 is 29.3. The summed E-state index contributed by atoms with van der Waals surface area (Å²) in [6.07, 6.45) is 0.0478. The van der Waals surface area contributed by atoms with E-state index in [2.05, 4.69) is 9.05 Å². The average Bonchev–Trinajstić information content (AvgIpc) is 2.59. The number of aliphatic hydroxyl groups is 1. The van der Waals surface area contributed by atoms with Crippen LogP contribution in [0.1, 0.15) is 12.8 Å². The lowest BCUT2D eigenvalue weighted by Gasteiger charge is -2.18. The van der Waals surface area contributed by atoms with Crippen molar-refractivity contribution in [3.63, 3.8) is 0 Å². The Morgan fingerprint density at radius 2 is 1.83 bits per heavy atom. The lowest BCUT2D eigenvalue weighted by atomic mass is 10.3. The molecule has 1 aliphatic heterocycles. The molecule has 1 saturated heterocycles. The van der Waals surface area contributed by atoms with Gasteiger partial charge in [-0.1, -0.05) is 0 Å². The first kappa shape index (κ1) is 15.7. The molecule has 9 nitrogen and oxygen atoms in total. The van der Waals surface area contributed by atoms with Gasteiger partial charge in [-0.2, -0.15) is 0 Å². The van der Waals surface area contributed by atoms with Crippen LogP contribution in [0.4, 0.5) is 0 Å². The maximum atomic E-state index is 11.0. The fraction of sp³-hybridized carbons (Fsp3) is 0.857. The van der Waals surface area contributed by atoms with E-state index in [1.54, 1.807) is 4.90 Å². The molecule has 2 unspecified atom stereocenters. The highest BCUT2D eigenvalue weighted by molar-refractivity contribution is 7.33. The highest BCUT2D eigenvalue weighted by Gasteiger charge is 2.48. The van der Waals surface area contributed by atoms with Crippen molar-refractivity contribution >= 4 is 22.3 Å². The molecule has 1 heterocycles. The second-order valence-electron chi connectivity index (χ2n) is 3.69. The van der Waals surface area contributed by atoms with Crippen LogP contribution in [-0.4, -0.2) is 51.2 Å². The molecule has 0 spiro atoms. The summed E-state index contributed by atoms with van der Waals surface area (Å²) >= 11 is 0. The standard InChI is InChI=1S/C7H11NO8P2/c9-6-1-3-8(5-6)4-2-7(10,15-17(11)12)16-18(13)14/h10H,1-5H2/p+2. The van der Waals surface area contributed by atoms with E-state index in [1.807, 2.05) is 0 Å². The molecule has 0 bridgehead atoms. The molecule has 18 heavy (non-hydrogen) atoms. The molecule has 0 saturated carbocycles. The molecule has 0 aromatic heterocycles. The Balaban J connectivity index is 2.52. The van der Waals surface area contributed by atoms with Gasteiger partial charge in [0, 0.05) is 28.6 Å². The molecule has 0 aromatic rings. The van der Waals surface area contributed by atoms with Gasteiger partial charge in [0.2, 0.25) is 0 Å². The van der Waals surface area contributed by atoms with Gasteiger partial charge in [-0.15, -0.1) is 9.79 Å². The normalized spacial score (nSPS) is 21.8. The third kappa shape index (κ3) is 5.51. The minimum atomic E-state index is -3.20. The number of hydrogen-bond acceptors (Lipinski definition) is 7. The first-order chi connectivity index (χ1) is 8.31. The zero-order valence-corrected chi connectivity index (χ0v) is 11.0. The lowest BCUT2D eigenvalue weighted by molar-refractivity contribution is -0.277. The maximum Gasteiger partial charge on any atom is 0.700 e. The van der Waals surface area contributed by atoms with Crippen LogP contribution in [0.25, 0.3) is 0 Å². The second-order valence-corrected chi connectivity index (χ2v) is 5.00. The number of Topliss-reactive ketones (excluding diaryl/α,β-unsaturated/α-hetero) is 1. The van der Waals surface area contributed by atoms with E-state index in [0.717, 1.165) is 0 Å². The number of rotatable bonds is 7. The molecular formula is C7H13NO8P2+2. The van der Waals surface area contributed by atoms with Gasteiger partial charge >= 0.3 is 22.5 Å². The molecule has 3 N–H and O–H groups in total. The van der Waals surface area contributed by atoms with Crippen LogP contribution in [0.15, 0.2) is 0 Å². The summed E-state index contributed by atoms with van der Waals surface area (Å²) in [5.74, 6) is -2.59. The van der Waals surface area contributed by atoms with Crippen LogP contribution in [-0.2, 0) is 23.0 Å². The van der Waals surface area contributed by atoms with E-state index in [1.165, 1.54) is 0 Å². The Morgan fingerprint density at radius 1 is 1.28 bits per heavy atom. The van der Waals surface area contributed by atoms with Crippen molar-refractivity contribution in [3.8, 4) is 0 Å². The third-order valence-corrected chi connectivity index (χ3v) is 3.18. The summed E-state index contributed by atoms with van der Waals surface area (Å²) in [5.41, 5.74) is 0. The molecule has 2 atom stereocenters. The molecule has 0 aliphatic carbocycles. The number of carbonyl (C=O) groups is 1. The molecule has 11 heteroatoms. The smallest absolute Gasteiger partial charge is 0.337 e. The van der Waals surface area contributed by atoms with E-state index in [-0.39, 0.29) is 25.3 Å². The van der Waals surface area contributed by atoms with E-state index in [9.17, 15) is 19.0 Å². The van der Waals surface area contributed by atoms with Crippen molar-refractivity contribution in [1.29, 1.82) is 0 Å². The topological polar surface area (TPSA) is 134 Å². The number of hydrogen-bond donors (Lipinski definition) is 3. The fourth-order valence-corrected chi connectivity index (χ4v) is 2.34. The van der Waals surface area contributed by atoms with Crippen molar-refractivity contribution < 1.29 is 37.9 Å². The highest BCUT2D eigenvalue weighted by Crippen LogP contribution is 2.35. The quantitative estimate of drug-likeness (QED) is 0.425. The van der Waals surface area contributed by atoms with Crippen LogP contribution in [0.2, 0.25) is 0 Å². The molecule has 0 radical (unpaired) electrons. The van der Waals surface area contributed by atoms with E-state index >= 15 is 0 Å². The van der Waals surface area contributed by atoms with E-state index in [4.69, 9.17) is 9.79 Å². The van der Waals surface area contributed by atoms with Crippen LogP contribution in [0.3, 0.4) is 0 Å². The van der Waals surface area contributed by atoms with Crippen LogP contribution >= 0.6 is 16.5 Å². The van der Waals surface area contributed by atoms with E-state index in [0.29, 0.717) is 13.0 Å². The number of carbonyl (C=O) groups excluding carboxylic acids is 1. The van der Waals surface area contributed by atoms with Crippen molar-refractivity contribution in [1.82, 2.24) is 4.90 Å². The Hall–Kier alpha value is -0.370. The van der Waals surface area contributed by atoms with Gasteiger partial charge in [0.1, 0.15) is 5.78 Å². The maximum absolute atomic E-state index is 11.0. The molecular weight excluding hydrogens is 288 g/mol. The third-order valence-electron chi connectivity index (χ3n) is 2.29. The molecule has 0 aromatic carbocycles. The first-order valence-corrected chi connectivity index (χ1v) is 7.24. The van der Waals surface area contributed by atoms with Gasteiger partial charge in [0.25, 0.3) is 0 Å². The van der Waals surface area contributed by atoms with Gasteiger partial charge in [0.15, 0.2) is 0 Å². The Bertz CT molecular complexity index is 345. The molecule has 0 amide bonds. The van der Waals surface area contributed by atoms with Gasteiger partial charge in [-0.3, -0.25) is 9.69 Å². The van der Waals surface area contributed by atoms with Gasteiger partial charge in [-0.05, 0) is 9.05 Å². The summed E-state index contributed by atoms with van der Waals surface area (Å²) in [5, 5.41) is 9.63. The zero-order valence-electron chi connectivity index (χ0n) is 9.26. The van der Waals surface area contributed by atoms with E-state index < -0.39 is 22.5 Å².